The molecule has 78 valence electrons. The van der Waals surface area contributed by atoms with E-state index in [-0.39, 0.29) is 0 Å². The molecule has 1 aromatic heterocycles. The molecule has 0 fully saturated rings. The van der Waals surface area contributed by atoms with Gasteiger partial charge in [0, 0.05) is 0 Å². The van der Waals surface area contributed by atoms with Gasteiger partial charge in [-0.2, -0.15) is 0 Å². The molecule has 3 rings (SSSR count). The molecule has 0 N–H and O–H groups in total. The van der Waals surface area contributed by atoms with Crippen LogP contribution in [0, 0.1) is 0 Å². The molecule has 0 spiro atoms. The van der Waals surface area contributed by atoms with E-state index in [1.807, 2.05) is 12.1 Å². The van der Waals surface area contributed by atoms with E-state index >= 15 is 0 Å². The van der Waals surface area contributed by atoms with Gasteiger partial charge in [0.15, 0.2) is 0 Å². The van der Waals surface area contributed by atoms with Gasteiger partial charge in [-0.25, -0.2) is 0 Å². The summed E-state index contributed by atoms with van der Waals surface area (Å²) < 4.78 is 8.49. The van der Waals surface area contributed by atoms with Gasteiger partial charge in [0.2, 0.25) is 0 Å². The molecule has 17 heavy (non-hydrogen) atoms. The monoisotopic (exact) mass is 640 g/mol. The Morgan fingerprint density at radius 2 is 1.24 bits per heavy atom. The van der Waals surface area contributed by atoms with Crippen molar-refractivity contribution >= 4 is 44.6 Å². The van der Waals surface area contributed by atoms with E-state index in [1.54, 1.807) is 0 Å². The zero-order chi connectivity index (χ0) is 11.8. The Hall–Kier alpha value is 0.690. The number of fused-ring (bicyclic) bond motifs is 3. The molecule has 0 unspecified atom stereocenters. The van der Waals surface area contributed by atoms with Crippen LogP contribution in [-0.4, -0.2) is 0 Å². The van der Waals surface area contributed by atoms with Crippen LogP contribution in [0.5, 0.6) is 0 Å². The van der Waals surface area contributed by atoms with Crippen molar-refractivity contribution in [2.24, 2.45) is 0 Å². The van der Waals surface area contributed by atoms with E-state index in [0.717, 1.165) is 11.2 Å². The molecule has 5 heteroatoms. The van der Waals surface area contributed by atoms with E-state index < -0.39 is 46.7 Å². The zero-order valence-corrected chi connectivity index (χ0v) is 21.5. The molecule has 0 saturated heterocycles. The minimum absolute atomic E-state index is 0.950. The molecule has 2 aromatic carbocycles. The quantitative estimate of drug-likeness (QED) is 0.393. The first-order valence-corrected chi connectivity index (χ1v) is 24.4. The van der Waals surface area contributed by atoms with Crippen LogP contribution in [0.4, 0.5) is 0 Å². The van der Waals surface area contributed by atoms with Crippen molar-refractivity contribution in [3.8, 4) is 0 Å². The summed E-state index contributed by atoms with van der Waals surface area (Å²) >= 11 is -2.67. The number of hydrogen-bond acceptors (Lipinski definition) is 1. The second-order valence-electron chi connectivity index (χ2n) is 4.03. The van der Waals surface area contributed by atoms with Gasteiger partial charge in [-0.15, -0.1) is 0 Å². The molecule has 0 saturated carbocycles. The third-order valence-electron chi connectivity index (χ3n) is 2.91. The third kappa shape index (κ3) is 2.41. The summed E-state index contributed by atoms with van der Waals surface area (Å²) in [7, 11) is 12.2. The first-order valence-electron chi connectivity index (χ1n) is 5.38. The molecule has 0 bridgehead atoms. The fourth-order valence-corrected chi connectivity index (χ4v) is 8.75. The van der Waals surface area contributed by atoms with Crippen molar-refractivity contribution in [2.75, 3.05) is 0 Å². The van der Waals surface area contributed by atoms with Crippen molar-refractivity contribution in [2.45, 2.75) is 0 Å². The molecule has 1 heterocycles. The molecule has 0 aliphatic carbocycles. The molecule has 0 aliphatic rings. The predicted octanol–water partition coefficient (Wildman–Crippen LogP) is 3.31. The van der Waals surface area contributed by atoms with Gasteiger partial charge in [0.25, 0.3) is 0 Å². The van der Waals surface area contributed by atoms with Gasteiger partial charge in [-0.1, -0.05) is 0 Å². The summed E-state index contributed by atoms with van der Waals surface area (Å²) in [6.07, 6.45) is 0. The molecule has 3 aromatic rings. The van der Waals surface area contributed by atoms with Crippen LogP contribution in [0.25, 0.3) is 21.9 Å². The normalized spacial score (nSPS) is 10.5. The van der Waals surface area contributed by atoms with E-state index in [1.165, 1.54) is 16.9 Å². The van der Waals surface area contributed by atoms with Gasteiger partial charge in [-0.05, 0) is 0 Å². The first-order chi connectivity index (χ1) is 8.31. The number of furan rings is 1. The fraction of sp³-hybridized carbons (Fsp3) is 0. The summed E-state index contributed by atoms with van der Waals surface area (Å²) in [5.74, 6) is 0. The predicted molar refractivity (Wildman–Crippen MR) is 64.7 cm³/mol. The SMILES string of the molecule is [Cl][Hg][c]1ccc2oc3cc[c]([Hg][Cl])cc3c2c1. The number of hydrogen-bond donors (Lipinski definition) is 0. The second kappa shape index (κ2) is 5.36. The van der Waals surface area contributed by atoms with Crippen LogP contribution in [0.1, 0.15) is 0 Å². The molecular formula is C12H6Cl2Hg2O. The summed E-state index contributed by atoms with van der Waals surface area (Å²) in [5.41, 5.74) is 1.90. The zero-order valence-electron chi connectivity index (χ0n) is 9.04. The number of rotatable bonds is 2. The Balaban J connectivity index is 2.37. The van der Waals surface area contributed by atoms with E-state index in [4.69, 9.17) is 20.9 Å². The topological polar surface area (TPSA) is 13.1 Å². The number of benzene rings is 2. The van der Waals surface area contributed by atoms with Gasteiger partial charge >= 0.3 is 132 Å². The molecule has 1 nitrogen and oxygen atoms in total. The Morgan fingerprint density at radius 1 is 0.765 bits per heavy atom. The van der Waals surface area contributed by atoms with Crippen LogP contribution in [0.15, 0.2) is 40.8 Å². The van der Waals surface area contributed by atoms with Gasteiger partial charge in [0.05, 0.1) is 0 Å². The second-order valence-corrected chi connectivity index (χ2v) is 17.1. The third-order valence-corrected chi connectivity index (χ3v) is 14.1. The average Bonchev–Trinajstić information content (AvgIpc) is 2.75. The molecular weight excluding hydrogens is 632 g/mol. The van der Waals surface area contributed by atoms with E-state index in [0.29, 0.717) is 0 Å². The van der Waals surface area contributed by atoms with Crippen LogP contribution in [0.3, 0.4) is 0 Å². The number of halogens is 2. The molecule has 0 aliphatic heterocycles. The van der Waals surface area contributed by atoms with Gasteiger partial charge in [0.1, 0.15) is 0 Å². The fourth-order valence-electron chi connectivity index (χ4n) is 2.04. The average molecular weight is 638 g/mol. The minimum atomic E-state index is -1.34. The maximum absolute atomic E-state index is 6.09. The van der Waals surface area contributed by atoms with Crippen LogP contribution >= 0.6 is 16.5 Å². The Bertz CT molecular complexity index is 635. The van der Waals surface area contributed by atoms with Crippen LogP contribution < -0.4 is 6.14 Å². The van der Waals surface area contributed by atoms with Crippen LogP contribution in [0.2, 0.25) is 0 Å². The van der Waals surface area contributed by atoms with E-state index in [9.17, 15) is 0 Å². The Morgan fingerprint density at radius 3 is 1.65 bits per heavy atom. The molecule has 0 amide bonds. The van der Waals surface area contributed by atoms with Crippen molar-refractivity contribution in [1.82, 2.24) is 0 Å². The summed E-state index contributed by atoms with van der Waals surface area (Å²) in [6.45, 7) is 0. The summed E-state index contributed by atoms with van der Waals surface area (Å²) in [5, 5.41) is 2.39. The van der Waals surface area contributed by atoms with Crippen molar-refractivity contribution in [3.63, 3.8) is 0 Å². The van der Waals surface area contributed by atoms with Crippen LogP contribution in [-0.2, 0) is 46.7 Å². The first kappa shape index (κ1) is 12.7. The molecule has 0 atom stereocenters. The van der Waals surface area contributed by atoms with Gasteiger partial charge < -0.3 is 0 Å². The maximum atomic E-state index is 6.09. The Labute approximate surface area is 130 Å². The van der Waals surface area contributed by atoms with Gasteiger partial charge in [-0.3, -0.25) is 0 Å². The van der Waals surface area contributed by atoms with Crippen molar-refractivity contribution in [1.29, 1.82) is 0 Å². The Kier molecular flexibility index (Phi) is 4.01. The van der Waals surface area contributed by atoms with E-state index in [2.05, 4.69) is 24.3 Å². The van der Waals surface area contributed by atoms with Crippen molar-refractivity contribution < 1.29 is 51.1 Å². The summed E-state index contributed by atoms with van der Waals surface area (Å²) in [4.78, 5) is 0. The summed E-state index contributed by atoms with van der Waals surface area (Å²) in [6, 6.07) is 12.7. The van der Waals surface area contributed by atoms with Crippen molar-refractivity contribution in [3.05, 3.63) is 36.4 Å². The standard InChI is InChI=1S/C12H6O.2ClH.2Hg/c1-3-7-11-9(5-1)10-6-2-4-8-12(10)13-11;;;;/h3-8H;2*1H;;/q;;;2*+1/p-2. The molecule has 0 radical (unpaired) electrons.